The molecule has 1 aliphatic carbocycles. The maximum atomic E-state index is 12.7. The average molecular weight is 313 g/mol. The summed E-state index contributed by atoms with van der Waals surface area (Å²) in [5.74, 6) is 1.93. The molecule has 1 aromatic carbocycles. The van der Waals surface area contributed by atoms with E-state index in [0.29, 0.717) is 23.8 Å². The normalized spacial score (nSPS) is 15.2. The molecule has 5 heteroatoms. The van der Waals surface area contributed by atoms with Gasteiger partial charge < -0.3 is 14.6 Å². The van der Waals surface area contributed by atoms with Crippen molar-refractivity contribution < 1.29 is 9.53 Å². The van der Waals surface area contributed by atoms with Crippen LogP contribution < -0.4 is 10.1 Å². The Labute approximate surface area is 136 Å². The molecule has 0 saturated heterocycles. The van der Waals surface area contributed by atoms with E-state index in [9.17, 15) is 4.79 Å². The Kier molecular flexibility index (Phi) is 4.65. The molecule has 1 heterocycles. The van der Waals surface area contributed by atoms with Crippen molar-refractivity contribution in [1.29, 1.82) is 0 Å². The standard InChI is InChI=1S/C18H23N3O2/c1-3-12-23-15-7-5-4-6-14(15)18(22)20-16(13-8-9-13)17-19-10-11-21(17)2/h4-7,10-11,13,16H,3,8-9,12H2,1-2H3,(H,20,22). The summed E-state index contributed by atoms with van der Waals surface area (Å²) in [5, 5.41) is 3.15. The molecule has 0 aliphatic heterocycles. The number of amides is 1. The van der Waals surface area contributed by atoms with Crippen LogP contribution in [0.2, 0.25) is 0 Å². The first-order valence-electron chi connectivity index (χ1n) is 8.20. The summed E-state index contributed by atoms with van der Waals surface area (Å²) in [5.41, 5.74) is 0.584. The van der Waals surface area contributed by atoms with Gasteiger partial charge >= 0.3 is 0 Å². The monoisotopic (exact) mass is 313 g/mol. The molecule has 2 aromatic rings. The number of rotatable bonds is 7. The Morgan fingerprint density at radius 3 is 2.87 bits per heavy atom. The van der Waals surface area contributed by atoms with Crippen LogP contribution in [0.4, 0.5) is 0 Å². The summed E-state index contributed by atoms with van der Waals surface area (Å²) in [4.78, 5) is 17.2. The number of carbonyl (C=O) groups is 1. The number of aryl methyl sites for hydroxylation is 1. The smallest absolute Gasteiger partial charge is 0.255 e. The molecule has 1 atom stereocenters. The lowest BCUT2D eigenvalue weighted by Gasteiger charge is -2.19. The van der Waals surface area contributed by atoms with Gasteiger partial charge in [-0.3, -0.25) is 4.79 Å². The number of nitrogens with zero attached hydrogens (tertiary/aromatic N) is 2. The summed E-state index contributed by atoms with van der Waals surface area (Å²) in [6, 6.07) is 7.36. The summed E-state index contributed by atoms with van der Waals surface area (Å²) in [6.07, 6.45) is 6.86. The maximum absolute atomic E-state index is 12.7. The van der Waals surface area contributed by atoms with Crippen molar-refractivity contribution in [3.63, 3.8) is 0 Å². The van der Waals surface area contributed by atoms with Gasteiger partial charge in [-0.25, -0.2) is 4.98 Å². The lowest BCUT2D eigenvalue weighted by Crippen LogP contribution is -2.32. The first kappa shape index (κ1) is 15.6. The fraction of sp³-hybridized carbons (Fsp3) is 0.444. The predicted octanol–water partition coefficient (Wildman–Crippen LogP) is 3.09. The van der Waals surface area contributed by atoms with Crippen LogP contribution in [0.5, 0.6) is 5.75 Å². The van der Waals surface area contributed by atoms with Gasteiger partial charge in [0.1, 0.15) is 11.6 Å². The van der Waals surface area contributed by atoms with Gasteiger partial charge in [0.05, 0.1) is 18.2 Å². The molecule has 0 bridgehead atoms. The van der Waals surface area contributed by atoms with Crippen molar-refractivity contribution in [3.8, 4) is 5.75 Å². The molecule has 1 saturated carbocycles. The molecule has 1 fully saturated rings. The van der Waals surface area contributed by atoms with Crippen LogP contribution in [0, 0.1) is 5.92 Å². The predicted molar refractivity (Wildman–Crippen MR) is 88.4 cm³/mol. The first-order valence-corrected chi connectivity index (χ1v) is 8.20. The Morgan fingerprint density at radius 2 is 2.22 bits per heavy atom. The third kappa shape index (κ3) is 3.55. The van der Waals surface area contributed by atoms with Gasteiger partial charge in [-0.1, -0.05) is 19.1 Å². The van der Waals surface area contributed by atoms with Gasteiger partial charge in [0, 0.05) is 19.4 Å². The van der Waals surface area contributed by atoms with E-state index in [1.807, 2.05) is 49.0 Å². The molecule has 23 heavy (non-hydrogen) atoms. The van der Waals surface area contributed by atoms with Crippen LogP contribution in [0.3, 0.4) is 0 Å². The molecule has 3 rings (SSSR count). The van der Waals surface area contributed by atoms with Crippen LogP contribution in [0.15, 0.2) is 36.7 Å². The van der Waals surface area contributed by atoms with E-state index in [-0.39, 0.29) is 11.9 Å². The summed E-state index contributed by atoms with van der Waals surface area (Å²) in [7, 11) is 1.96. The number of hydrogen-bond donors (Lipinski definition) is 1. The third-order valence-electron chi connectivity index (χ3n) is 4.11. The molecular weight excluding hydrogens is 290 g/mol. The highest BCUT2D eigenvalue weighted by molar-refractivity contribution is 5.97. The van der Waals surface area contributed by atoms with Crippen molar-refractivity contribution in [3.05, 3.63) is 48.0 Å². The van der Waals surface area contributed by atoms with Crippen LogP contribution >= 0.6 is 0 Å². The molecule has 0 radical (unpaired) electrons. The number of carbonyl (C=O) groups excluding carboxylic acids is 1. The molecule has 1 aromatic heterocycles. The molecule has 122 valence electrons. The first-order chi connectivity index (χ1) is 11.2. The van der Waals surface area contributed by atoms with E-state index in [2.05, 4.69) is 10.3 Å². The van der Waals surface area contributed by atoms with E-state index in [4.69, 9.17) is 4.74 Å². The Hall–Kier alpha value is -2.30. The van der Waals surface area contributed by atoms with Crippen molar-refractivity contribution in [2.45, 2.75) is 32.2 Å². The molecule has 5 nitrogen and oxygen atoms in total. The van der Waals surface area contributed by atoms with Gasteiger partial charge in [-0.2, -0.15) is 0 Å². The zero-order chi connectivity index (χ0) is 16.2. The Morgan fingerprint density at radius 1 is 1.43 bits per heavy atom. The molecule has 1 unspecified atom stereocenters. The van der Waals surface area contributed by atoms with E-state index in [1.54, 1.807) is 6.20 Å². The highest BCUT2D eigenvalue weighted by Crippen LogP contribution is 2.40. The van der Waals surface area contributed by atoms with Gasteiger partial charge in [0.15, 0.2) is 0 Å². The second kappa shape index (κ2) is 6.86. The lowest BCUT2D eigenvalue weighted by molar-refractivity contribution is 0.0925. The number of para-hydroxylation sites is 1. The SMILES string of the molecule is CCCOc1ccccc1C(=O)NC(c1nccn1C)C1CC1. The minimum Gasteiger partial charge on any atom is -0.493 e. The second-order valence-corrected chi connectivity index (χ2v) is 6.03. The van der Waals surface area contributed by atoms with Gasteiger partial charge in [0.2, 0.25) is 0 Å². The largest absolute Gasteiger partial charge is 0.493 e. The molecule has 1 amide bonds. The number of nitrogens with one attached hydrogen (secondary N) is 1. The Bertz CT molecular complexity index is 676. The summed E-state index contributed by atoms with van der Waals surface area (Å²) in [6.45, 7) is 2.66. The lowest BCUT2D eigenvalue weighted by atomic mass is 10.1. The van der Waals surface area contributed by atoms with Crippen LogP contribution in [-0.2, 0) is 7.05 Å². The molecular formula is C18H23N3O2. The van der Waals surface area contributed by atoms with Gasteiger partial charge in [0.25, 0.3) is 5.91 Å². The quantitative estimate of drug-likeness (QED) is 0.854. The Balaban J connectivity index is 1.79. The van der Waals surface area contributed by atoms with Crippen molar-refractivity contribution >= 4 is 5.91 Å². The third-order valence-corrected chi connectivity index (χ3v) is 4.11. The fourth-order valence-electron chi connectivity index (χ4n) is 2.71. The highest BCUT2D eigenvalue weighted by Gasteiger charge is 2.36. The van der Waals surface area contributed by atoms with Crippen molar-refractivity contribution in [2.75, 3.05) is 6.61 Å². The minimum absolute atomic E-state index is 0.0401. The highest BCUT2D eigenvalue weighted by atomic mass is 16.5. The summed E-state index contributed by atoms with van der Waals surface area (Å²) >= 11 is 0. The topological polar surface area (TPSA) is 56.1 Å². The number of imidazole rings is 1. The van der Waals surface area contributed by atoms with E-state index in [0.717, 1.165) is 25.1 Å². The number of ether oxygens (including phenoxy) is 1. The average Bonchev–Trinajstić information content (AvgIpc) is 3.32. The van der Waals surface area contributed by atoms with Gasteiger partial charge in [-0.05, 0) is 37.3 Å². The van der Waals surface area contributed by atoms with Crippen molar-refractivity contribution in [2.24, 2.45) is 13.0 Å². The number of benzene rings is 1. The number of aromatic nitrogens is 2. The molecule has 0 spiro atoms. The summed E-state index contributed by atoms with van der Waals surface area (Å²) < 4.78 is 7.67. The zero-order valence-corrected chi connectivity index (χ0v) is 13.7. The van der Waals surface area contributed by atoms with Crippen LogP contribution in [0.25, 0.3) is 0 Å². The van der Waals surface area contributed by atoms with Crippen LogP contribution in [0.1, 0.15) is 48.4 Å². The molecule has 1 N–H and O–H groups in total. The second-order valence-electron chi connectivity index (χ2n) is 6.03. The number of hydrogen-bond acceptors (Lipinski definition) is 3. The van der Waals surface area contributed by atoms with E-state index >= 15 is 0 Å². The maximum Gasteiger partial charge on any atom is 0.255 e. The van der Waals surface area contributed by atoms with Gasteiger partial charge in [-0.15, -0.1) is 0 Å². The minimum atomic E-state index is -0.100. The van der Waals surface area contributed by atoms with E-state index in [1.165, 1.54) is 0 Å². The molecule has 1 aliphatic rings. The van der Waals surface area contributed by atoms with Crippen molar-refractivity contribution in [1.82, 2.24) is 14.9 Å². The van der Waals surface area contributed by atoms with E-state index < -0.39 is 0 Å². The fourth-order valence-corrected chi connectivity index (χ4v) is 2.71. The zero-order valence-electron chi connectivity index (χ0n) is 13.7. The van der Waals surface area contributed by atoms with Crippen LogP contribution in [-0.4, -0.2) is 22.1 Å².